The molecular formula is C8H12N2O5. The van der Waals surface area contributed by atoms with Gasteiger partial charge in [0.05, 0.1) is 5.92 Å². The first-order chi connectivity index (χ1) is 7.00. The lowest BCUT2D eigenvalue weighted by Gasteiger charge is -2.30. The summed E-state index contributed by atoms with van der Waals surface area (Å²) in [6, 6.07) is 0. The lowest BCUT2D eigenvalue weighted by Crippen LogP contribution is -2.53. The summed E-state index contributed by atoms with van der Waals surface area (Å²) in [5, 5.41) is 19.9. The highest BCUT2D eigenvalue weighted by molar-refractivity contribution is 5.87. The van der Waals surface area contributed by atoms with Gasteiger partial charge in [0.15, 0.2) is 0 Å². The Labute approximate surface area is 85.7 Å². The van der Waals surface area contributed by atoms with Crippen LogP contribution in [-0.4, -0.2) is 59.1 Å². The smallest absolute Gasteiger partial charge is 0.323 e. The number of aliphatic carboxylic acids is 2. The summed E-state index contributed by atoms with van der Waals surface area (Å²) < 4.78 is 0. The van der Waals surface area contributed by atoms with E-state index in [0.29, 0.717) is 13.1 Å². The van der Waals surface area contributed by atoms with E-state index in [-0.39, 0.29) is 5.92 Å². The molecule has 0 saturated carbocycles. The molecule has 0 aromatic carbocycles. The quantitative estimate of drug-likeness (QED) is 0.500. The van der Waals surface area contributed by atoms with Gasteiger partial charge in [-0.15, -0.1) is 0 Å². The van der Waals surface area contributed by atoms with Gasteiger partial charge < -0.3 is 20.4 Å². The van der Waals surface area contributed by atoms with Crippen LogP contribution in [0.5, 0.6) is 0 Å². The fourth-order valence-corrected chi connectivity index (χ4v) is 1.26. The normalized spacial score (nSPS) is 15.5. The molecule has 3 N–H and O–H groups in total. The zero-order valence-electron chi connectivity index (χ0n) is 7.97. The Balaban J connectivity index is 2.56. The van der Waals surface area contributed by atoms with Crippen LogP contribution in [-0.2, 0) is 14.4 Å². The maximum Gasteiger partial charge on any atom is 0.323 e. The number of carboxylic acids is 2. The van der Waals surface area contributed by atoms with Crippen LogP contribution >= 0.6 is 0 Å². The second-order valence-corrected chi connectivity index (χ2v) is 3.34. The van der Waals surface area contributed by atoms with E-state index in [4.69, 9.17) is 10.2 Å². The van der Waals surface area contributed by atoms with Crippen molar-refractivity contribution in [1.29, 1.82) is 0 Å². The first kappa shape index (κ1) is 11.4. The molecule has 1 aliphatic rings. The van der Waals surface area contributed by atoms with E-state index in [2.05, 4.69) is 5.32 Å². The second kappa shape index (κ2) is 4.74. The minimum absolute atomic E-state index is 0.288. The molecule has 0 aliphatic carbocycles. The average molecular weight is 216 g/mol. The van der Waals surface area contributed by atoms with Gasteiger partial charge in [0.2, 0.25) is 5.91 Å². The van der Waals surface area contributed by atoms with Crippen LogP contribution in [0.15, 0.2) is 0 Å². The SMILES string of the molecule is O=C(O)CN(CC(=O)O)C(=O)C1CNC1. The van der Waals surface area contributed by atoms with E-state index >= 15 is 0 Å². The van der Waals surface area contributed by atoms with Gasteiger partial charge in [0.1, 0.15) is 13.1 Å². The molecule has 15 heavy (non-hydrogen) atoms. The number of carbonyl (C=O) groups is 3. The summed E-state index contributed by atoms with van der Waals surface area (Å²) in [7, 11) is 0. The van der Waals surface area contributed by atoms with Gasteiger partial charge in [0, 0.05) is 13.1 Å². The number of nitrogens with one attached hydrogen (secondary N) is 1. The maximum atomic E-state index is 11.6. The van der Waals surface area contributed by atoms with Crippen LogP contribution in [0.25, 0.3) is 0 Å². The van der Waals surface area contributed by atoms with E-state index < -0.39 is 30.9 Å². The molecule has 0 aromatic heterocycles. The van der Waals surface area contributed by atoms with Crippen molar-refractivity contribution in [2.24, 2.45) is 5.92 Å². The van der Waals surface area contributed by atoms with Gasteiger partial charge in [-0.3, -0.25) is 14.4 Å². The van der Waals surface area contributed by atoms with E-state index in [1.807, 2.05) is 0 Å². The van der Waals surface area contributed by atoms with Crippen LogP contribution in [0.3, 0.4) is 0 Å². The highest BCUT2D eigenvalue weighted by atomic mass is 16.4. The lowest BCUT2D eigenvalue weighted by atomic mass is 10.0. The molecular weight excluding hydrogens is 204 g/mol. The van der Waals surface area contributed by atoms with Gasteiger partial charge >= 0.3 is 11.9 Å². The number of rotatable bonds is 5. The molecule has 1 fully saturated rings. The number of hydrogen-bond donors (Lipinski definition) is 3. The number of carboxylic acid groups (broad SMARTS) is 2. The third-order valence-corrected chi connectivity index (χ3v) is 2.09. The summed E-state index contributed by atoms with van der Waals surface area (Å²) in [6.07, 6.45) is 0. The topological polar surface area (TPSA) is 107 Å². The Morgan fingerprint density at radius 2 is 1.60 bits per heavy atom. The molecule has 1 aliphatic heterocycles. The monoisotopic (exact) mass is 216 g/mol. The molecule has 0 spiro atoms. The van der Waals surface area contributed by atoms with Crippen LogP contribution in [0, 0.1) is 5.92 Å². The molecule has 7 heteroatoms. The molecule has 0 aromatic rings. The molecule has 1 heterocycles. The Bertz CT molecular complexity index is 271. The number of carbonyl (C=O) groups excluding carboxylic acids is 1. The predicted molar refractivity (Wildman–Crippen MR) is 48.2 cm³/mol. The minimum Gasteiger partial charge on any atom is -0.480 e. The summed E-state index contributed by atoms with van der Waals surface area (Å²) in [4.78, 5) is 33.2. The van der Waals surface area contributed by atoms with Gasteiger partial charge in [-0.05, 0) is 0 Å². The average Bonchev–Trinajstić information content (AvgIpc) is 1.97. The Hall–Kier alpha value is -1.63. The molecule has 0 unspecified atom stereocenters. The van der Waals surface area contributed by atoms with Gasteiger partial charge in [-0.2, -0.15) is 0 Å². The summed E-state index contributed by atoms with van der Waals surface area (Å²) in [5.41, 5.74) is 0. The van der Waals surface area contributed by atoms with Crippen molar-refractivity contribution in [2.45, 2.75) is 0 Å². The van der Waals surface area contributed by atoms with Crippen molar-refractivity contribution in [3.05, 3.63) is 0 Å². The van der Waals surface area contributed by atoms with Crippen molar-refractivity contribution in [2.75, 3.05) is 26.2 Å². The lowest BCUT2D eigenvalue weighted by molar-refractivity contribution is -0.151. The summed E-state index contributed by atoms with van der Waals surface area (Å²) in [5.74, 6) is -3.13. The van der Waals surface area contributed by atoms with E-state index in [1.165, 1.54) is 0 Å². The largest absolute Gasteiger partial charge is 0.480 e. The Kier molecular flexibility index (Phi) is 3.62. The maximum absolute atomic E-state index is 11.6. The standard InChI is InChI=1S/C8H12N2O5/c11-6(12)3-10(4-7(13)14)8(15)5-1-9-2-5/h5,9H,1-4H2,(H,11,12)(H,13,14). The van der Waals surface area contributed by atoms with Crippen LogP contribution in [0.2, 0.25) is 0 Å². The van der Waals surface area contributed by atoms with E-state index in [0.717, 1.165) is 4.90 Å². The highest BCUT2D eigenvalue weighted by Gasteiger charge is 2.31. The summed E-state index contributed by atoms with van der Waals surface area (Å²) in [6.45, 7) is -0.174. The number of amides is 1. The molecule has 0 radical (unpaired) electrons. The van der Waals surface area contributed by atoms with Crippen molar-refractivity contribution in [3.63, 3.8) is 0 Å². The molecule has 1 saturated heterocycles. The summed E-state index contributed by atoms with van der Waals surface area (Å²) >= 11 is 0. The van der Waals surface area contributed by atoms with Crippen LogP contribution < -0.4 is 5.32 Å². The van der Waals surface area contributed by atoms with Crippen LogP contribution in [0.1, 0.15) is 0 Å². The van der Waals surface area contributed by atoms with E-state index in [9.17, 15) is 14.4 Å². The zero-order chi connectivity index (χ0) is 11.4. The molecule has 1 amide bonds. The van der Waals surface area contributed by atoms with Crippen LogP contribution in [0.4, 0.5) is 0 Å². The van der Waals surface area contributed by atoms with Gasteiger partial charge in [-0.1, -0.05) is 0 Å². The zero-order valence-corrected chi connectivity index (χ0v) is 7.97. The van der Waals surface area contributed by atoms with Gasteiger partial charge in [-0.25, -0.2) is 0 Å². The highest BCUT2D eigenvalue weighted by Crippen LogP contribution is 2.07. The Morgan fingerprint density at radius 1 is 1.13 bits per heavy atom. The third kappa shape index (κ3) is 3.21. The fourth-order valence-electron chi connectivity index (χ4n) is 1.26. The van der Waals surface area contributed by atoms with Crippen molar-refractivity contribution in [1.82, 2.24) is 10.2 Å². The van der Waals surface area contributed by atoms with Crippen molar-refractivity contribution >= 4 is 17.8 Å². The molecule has 0 atom stereocenters. The molecule has 1 rings (SSSR count). The Morgan fingerprint density at radius 3 is 1.87 bits per heavy atom. The fraction of sp³-hybridized carbons (Fsp3) is 0.625. The van der Waals surface area contributed by atoms with Crippen molar-refractivity contribution < 1.29 is 24.6 Å². The number of hydrogen-bond acceptors (Lipinski definition) is 4. The second-order valence-electron chi connectivity index (χ2n) is 3.34. The first-order valence-corrected chi connectivity index (χ1v) is 4.44. The molecule has 84 valence electrons. The van der Waals surface area contributed by atoms with Crippen molar-refractivity contribution in [3.8, 4) is 0 Å². The molecule has 7 nitrogen and oxygen atoms in total. The first-order valence-electron chi connectivity index (χ1n) is 4.44. The third-order valence-electron chi connectivity index (χ3n) is 2.09. The van der Waals surface area contributed by atoms with E-state index in [1.54, 1.807) is 0 Å². The van der Waals surface area contributed by atoms with Gasteiger partial charge in [0.25, 0.3) is 0 Å². The minimum atomic E-state index is -1.21. The predicted octanol–water partition coefficient (Wildman–Crippen LogP) is -1.80. The molecule has 0 bridgehead atoms. The number of nitrogens with zero attached hydrogens (tertiary/aromatic N) is 1.